The van der Waals surface area contributed by atoms with Gasteiger partial charge in [0.05, 0.1) is 47.7 Å². The molecule has 2 N–H and O–H groups in total. The van der Waals surface area contributed by atoms with Crippen molar-refractivity contribution < 1.29 is 13.2 Å². The van der Waals surface area contributed by atoms with Gasteiger partial charge in [0, 0.05) is 23.2 Å². The van der Waals surface area contributed by atoms with Gasteiger partial charge in [0.1, 0.15) is 5.52 Å². The minimum Gasteiger partial charge on any atom is -0.377 e. The number of hydrogen-bond donors (Lipinski definition) is 2. The molecule has 3 aromatic heterocycles. The Bertz CT molecular complexity index is 1270. The van der Waals surface area contributed by atoms with Crippen LogP contribution in [0.15, 0.2) is 41.7 Å². The molecule has 9 nitrogen and oxygen atoms in total. The average Bonchev–Trinajstić information content (AvgIpc) is 3.22. The van der Waals surface area contributed by atoms with Crippen LogP contribution in [0.3, 0.4) is 0 Å². The molecule has 0 saturated carbocycles. The molecule has 138 valence electrons. The van der Waals surface area contributed by atoms with Gasteiger partial charge in [-0.05, 0) is 18.2 Å². The van der Waals surface area contributed by atoms with E-state index in [1.165, 1.54) is 6.26 Å². The highest BCUT2D eigenvalue weighted by Gasteiger charge is 2.21. The highest BCUT2D eigenvalue weighted by atomic mass is 32.2. The first-order chi connectivity index (χ1) is 13.0. The molecule has 0 aliphatic carbocycles. The van der Waals surface area contributed by atoms with Crippen molar-refractivity contribution in [3.8, 4) is 0 Å². The molecule has 0 amide bonds. The highest BCUT2D eigenvalue weighted by molar-refractivity contribution is 7.90. The van der Waals surface area contributed by atoms with E-state index in [0.29, 0.717) is 30.1 Å². The number of pyridine rings is 1. The summed E-state index contributed by atoms with van der Waals surface area (Å²) in [6.45, 7) is 1.34. The van der Waals surface area contributed by atoms with Gasteiger partial charge >= 0.3 is 0 Å². The summed E-state index contributed by atoms with van der Waals surface area (Å²) in [4.78, 5) is 4.90. The second kappa shape index (κ2) is 5.76. The summed E-state index contributed by atoms with van der Waals surface area (Å²) in [5.74, 6) is 0.603. The third-order valence-electron chi connectivity index (χ3n) is 4.65. The quantitative estimate of drug-likeness (QED) is 0.553. The van der Waals surface area contributed by atoms with Crippen LogP contribution < -0.4 is 5.32 Å². The van der Waals surface area contributed by atoms with Crippen molar-refractivity contribution in [3.63, 3.8) is 0 Å². The molecule has 10 heteroatoms. The SMILES string of the molecule is CS(=O)(=O)c1ccc2nc(Nc3cnn(C4COC4)c3)c3[nH]ncc3c2c1. The average molecular weight is 384 g/mol. The van der Waals surface area contributed by atoms with Crippen molar-refractivity contribution in [1.29, 1.82) is 0 Å². The summed E-state index contributed by atoms with van der Waals surface area (Å²) < 4.78 is 30.8. The molecule has 0 atom stereocenters. The maximum absolute atomic E-state index is 11.9. The molecular weight excluding hydrogens is 368 g/mol. The van der Waals surface area contributed by atoms with E-state index in [9.17, 15) is 8.42 Å². The van der Waals surface area contributed by atoms with E-state index in [0.717, 1.165) is 16.5 Å². The molecule has 0 unspecified atom stereocenters. The van der Waals surface area contributed by atoms with E-state index >= 15 is 0 Å². The van der Waals surface area contributed by atoms with Crippen molar-refractivity contribution in [3.05, 3.63) is 36.8 Å². The van der Waals surface area contributed by atoms with Crippen LogP contribution in [0.1, 0.15) is 6.04 Å². The Hall–Kier alpha value is -2.98. The van der Waals surface area contributed by atoms with Gasteiger partial charge in [0.25, 0.3) is 0 Å². The van der Waals surface area contributed by atoms with E-state index < -0.39 is 9.84 Å². The summed E-state index contributed by atoms with van der Waals surface area (Å²) in [6.07, 6.45) is 6.51. The normalized spacial score (nSPS) is 15.3. The lowest BCUT2D eigenvalue weighted by Crippen LogP contribution is -2.30. The van der Waals surface area contributed by atoms with Gasteiger partial charge < -0.3 is 10.1 Å². The van der Waals surface area contributed by atoms with Gasteiger partial charge in [-0.25, -0.2) is 13.4 Å². The number of aromatic nitrogens is 5. The molecule has 27 heavy (non-hydrogen) atoms. The molecule has 1 aromatic carbocycles. The Morgan fingerprint density at radius 2 is 2.11 bits per heavy atom. The number of aromatic amines is 1. The number of benzene rings is 1. The van der Waals surface area contributed by atoms with Crippen LogP contribution in [0.25, 0.3) is 21.8 Å². The number of rotatable bonds is 4. The predicted octanol–water partition coefficient (Wildman–Crippen LogP) is 2.03. The summed E-state index contributed by atoms with van der Waals surface area (Å²) >= 11 is 0. The third kappa shape index (κ3) is 2.73. The van der Waals surface area contributed by atoms with Crippen molar-refractivity contribution in [2.45, 2.75) is 10.9 Å². The second-order valence-corrected chi connectivity index (χ2v) is 8.61. The zero-order chi connectivity index (χ0) is 18.6. The maximum Gasteiger partial charge on any atom is 0.175 e. The monoisotopic (exact) mass is 384 g/mol. The van der Waals surface area contributed by atoms with Crippen molar-refractivity contribution in [2.24, 2.45) is 0 Å². The Morgan fingerprint density at radius 1 is 1.26 bits per heavy atom. The van der Waals surface area contributed by atoms with Crippen molar-refractivity contribution in [2.75, 3.05) is 24.8 Å². The first-order valence-electron chi connectivity index (χ1n) is 8.35. The molecule has 5 rings (SSSR count). The van der Waals surface area contributed by atoms with Gasteiger partial charge in [0.2, 0.25) is 0 Å². The van der Waals surface area contributed by atoms with E-state index in [4.69, 9.17) is 4.74 Å². The molecule has 0 spiro atoms. The lowest BCUT2D eigenvalue weighted by molar-refractivity contribution is -0.0286. The number of ether oxygens (including phenoxy) is 1. The molecule has 4 heterocycles. The smallest absolute Gasteiger partial charge is 0.175 e. The molecule has 0 bridgehead atoms. The standard InChI is InChI=1S/C17H16N6O3S/c1-27(24,25)12-2-3-15-13(4-12)14-6-18-22-16(14)17(21-15)20-10-5-19-23(7-10)11-8-26-9-11/h2-7,11H,8-9H2,1H3,(H,18,22)(H,20,21). The van der Waals surface area contributed by atoms with Gasteiger partial charge in [-0.3, -0.25) is 9.78 Å². The van der Waals surface area contributed by atoms with Crippen molar-refractivity contribution in [1.82, 2.24) is 25.0 Å². The number of hydrogen-bond acceptors (Lipinski definition) is 7. The number of anilines is 2. The van der Waals surface area contributed by atoms with Crippen LogP contribution in [-0.4, -0.2) is 52.8 Å². The largest absolute Gasteiger partial charge is 0.377 e. The molecule has 1 saturated heterocycles. The molecule has 0 radical (unpaired) electrons. The lowest BCUT2D eigenvalue weighted by atomic mass is 10.1. The lowest BCUT2D eigenvalue weighted by Gasteiger charge is -2.25. The maximum atomic E-state index is 11.9. The number of nitrogens with zero attached hydrogens (tertiary/aromatic N) is 4. The van der Waals surface area contributed by atoms with Crippen LogP contribution in [-0.2, 0) is 14.6 Å². The van der Waals surface area contributed by atoms with Crippen LogP contribution in [0.4, 0.5) is 11.5 Å². The van der Waals surface area contributed by atoms with E-state index in [1.54, 1.807) is 30.6 Å². The highest BCUT2D eigenvalue weighted by Crippen LogP contribution is 2.31. The fourth-order valence-electron chi connectivity index (χ4n) is 3.11. The van der Waals surface area contributed by atoms with E-state index in [2.05, 4.69) is 25.6 Å². The minimum absolute atomic E-state index is 0.254. The van der Waals surface area contributed by atoms with E-state index in [1.807, 2.05) is 10.9 Å². The first kappa shape index (κ1) is 16.2. The van der Waals surface area contributed by atoms with E-state index in [-0.39, 0.29) is 10.9 Å². The second-order valence-electron chi connectivity index (χ2n) is 6.60. The summed E-state index contributed by atoms with van der Waals surface area (Å²) in [5.41, 5.74) is 2.18. The topological polar surface area (TPSA) is 115 Å². The van der Waals surface area contributed by atoms with Crippen LogP contribution >= 0.6 is 0 Å². The van der Waals surface area contributed by atoms with Gasteiger partial charge in [-0.15, -0.1) is 0 Å². The molecule has 1 aliphatic rings. The summed E-state index contributed by atoms with van der Waals surface area (Å²) in [7, 11) is -3.30. The van der Waals surface area contributed by atoms with Crippen LogP contribution in [0.2, 0.25) is 0 Å². The van der Waals surface area contributed by atoms with Crippen LogP contribution in [0, 0.1) is 0 Å². The first-order valence-corrected chi connectivity index (χ1v) is 10.2. The molecular formula is C17H16N6O3S. The van der Waals surface area contributed by atoms with Gasteiger partial charge in [-0.1, -0.05) is 0 Å². The Labute approximate surface area is 154 Å². The number of sulfone groups is 1. The molecule has 1 aliphatic heterocycles. The summed E-state index contributed by atoms with van der Waals surface area (Å²) in [6, 6.07) is 5.17. The Balaban J connectivity index is 1.59. The third-order valence-corrected chi connectivity index (χ3v) is 5.76. The molecule has 4 aromatic rings. The zero-order valence-electron chi connectivity index (χ0n) is 14.4. The number of H-pyrrole nitrogens is 1. The van der Waals surface area contributed by atoms with Crippen LogP contribution in [0.5, 0.6) is 0 Å². The van der Waals surface area contributed by atoms with Crippen molar-refractivity contribution >= 4 is 43.1 Å². The van der Waals surface area contributed by atoms with Gasteiger partial charge in [0.15, 0.2) is 15.7 Å². The zero-order valence-corrected chi connectivity index (χ0v) is 15.2. The predicted molar refractivity (Wildman–Crippen MR) is 99.9 cm³/mol. The Morgan fingerprint density at radius 3 is 2.85 bits per heavy atom. The fraction of sp³-hybridized carbons (Fsp3) is 0.235. The summed E-state index contributed by atoms with van der Waals surface area (Å²) in [5, 5.41) is 16.2. The Kier molecular flexibility index (Phi) is 3.46. The van der Waals surface area contributed by atoms with Gasteiger partial charge in [-0.2, -0.15) is 10.2 Å². The minimum atomic E-state index is -3.30. The number of nitrogens with one attached hydrogen (secondary N) is 2. The molecule has 1 fully saturated rings. The number of fused-ring (bicyclic) bond motifs is 3. The fourth-order valence-corrected chi connectivity index (χ4v) is 3.76.